The summed E-state index contributed by atoms with van der Waals surface area (Å²) in [5.74, 6) is 0.00556. The Balaban J connectivity index is 2.01. The van der Waals surface area contributed by atoms with Crippen LogP contribution in [0.4, 0.5) is 11.4 Å². The normalized spacial score (nSPS) is 22.0. The Morgan fingerprint density at radius 2 is 1.90 bits per heavy atom. The molecular formula is C14H21N3O3S. The van der Waals surface area contributed by atoms with E-state index in [1.165, 1.54) is 0 Å². The summed E-state index contributed by atoms with van der Waals surface area (Å²) in [5.41, 5.74) is 0.763. The zero-order chi connectivity index (χ0) is 15.5. The van der Waals surface area contributed by atoms with E-state index in [4.69, 9.17) is 0 Å². The largest absolute Gasteiger partial charge is 0.326 e. The Morgan fingerprint density at radius 3 is 2.43 bits per heavy atom. The summed E-state index contributed by atoms with van der Waals surface area (Å²) in [7, 11) is -3.28. The van der Waals surface area contributed by atoms with Gasteiger partial charge in [0, 0.05) is 17.9 Å². The van der Waals surface area contributed by atoms with Crippen molar-refractivity contribution in [2.45, 2.75) is 20.3 Å². The lowest BCUT2D eigenvalue weighted by atomic mass is 9.89. The highest BCUT2D eigenvalue weighted by Gasteiger charge is 2.36. The van der Waals surface area contributed by atoms with Crippen LogP contribution in [0.1, 0.15) is 20.3 Å². The summed E-state index contributed by atoms with van der Waals surface area (Å²) in [6.07, 6.45) is 0.813. The Morgan fingerprint density at radius 1 is 1.29 bits per heavy atom. The lowest BCUT2D eigenvalue weighted by Crippen LogP contribution is -2.35. The number of carbonyl (C=O) groups excluding carboxylic acids is 1. The van der Waals surface area contributed by atoms with Crippen molar-refractivity contribution < 1.29 is 13.2 Å². The maximum absolute atomic E-state index is 12.2. The third-order valence-electron chi connectivity index (χ3n) is 3.71. The molecule has 0 bridgehead atoms. The van der Waals surface area contributed by atoms with Gasteiger partial charge < -0.3 is 10.6 Å². The third-order valence-corrected chi connectivity index (χ3v) is 5.02. The second-order valence-corrected chi connectivity index (χ2v) is 7.54. The minimum absolute atomic E-state index is 0.0191. The molecular weight excluding hydrogens is 290 g/mol. The third kappa shape index (κ3) is 3.95. The molecule has 1 aromatic rings. The zero-order valence-corrected chi connectivity index (χ0v) is 13.1. The number of hydrogen-bond donors (Lipinski definition) is 3. The van der Waals surface area contributed by atoms with Gasteiger partial charge in [-0.2, -0.15) is 0 Å². The van der Waals surface area contributed by atoms with Crippen LogP contribution in [0.2, 0.25) is 0 Å². The molecule has 0 spiro atoms. The topological polar surface area (TPSA) is 87.3 Å². The van der Waals surface area contributed by atoms with Crippen LogP contribution in [0, 0.1) is 5.41 Å². The summed E-state index contributed by atoms with van der Waals surface area (Å²) in [6.45, 7) is 5.04. The number of benzene rings is 1. The van der Waals surface area contributed by atoms with Gasteiger partial charge in [0.05, 0.1) is 11.2 Å². The van der Waals surface area contributed by atoms with Crippen molar-refractivity contribution in [3.8, 4) is 0 Å². The molecule has 1 aliphatic rings. The fourth-order valence-corrected chi connectivity index (χ4v) is 2.81. The number of hydrogen-bond acceptors (Lipinski definition) is 4. The molecule has 2 rings (SSSR count). The maximum Gasteiger partial charge on any atom is 0.232 e. The van der Waals surface area contributed by atoms with E-state index in [0.717, 1.165) is 13.0 Å². The zero-order valence-electron chi connectivity index (χ0n) is 12.3. The van der Waals surface area contributed by atoms with Crippen molar-refractivity contribution in [3.05, 3.63) is 24.3 Å². The summed E-state index contributed by atoms with van der Waals surface area (Å²) in [5, 5.41) is 6.06. The maximum atomic E-state index is 12.2. The first-order valence-electron chi connectivity index (χ1n) is 6.97. The van der Waals surface area contributed by atoms with E-state index in [1.54, 1.807) is 31.2 Å². The van der Waals surface area contributed by atoms with Crippen molar-refractivity contribution in [2.75, 3.05) is 28.9 Å². The van der Waals surface area contributed by atoms with E-state index < -0.39 is 10.0 Å². The van der Waals surface area contributed by atoms with Gasteiger partial charge in [-0.25, -0.2) is 8.42 Å². The highest BCUT2D eigenvalue weighted by atomic mass is 32.2. The molecule has 7 heteroatoms. The molecule has 1 atom stereocenters. The second kappa shape index (κ2) is 6.03. The molecule has 1 amide bonds. The molecule has 1 aliphatic heterocycles. The van der Waals surface area contributed by atoms with Gasteiger partial charge in [-0.1, -0.05) is 0 Å². The van der Waals surface area contributed by atoms with Crippen molar-refractivity contribution >= 4 is 27.3 Å². The van der Waals surface area contributed by atoms with E-state index in [9.17, 15) is 13.2 Å². The quantitative estimate of drug-likeness (QED) is 0.767. The average molecular weight is 311 g/mol. The van der Waals surface area contributed by atoms with E-state index >= 15 is 0 Å². The Labute approximate surface area is 125 Å². The molecule has 0 aliphatic carbocycles. The lowest BCUT2D eigenvalue weighted by Gasteiger charge is -2.21. The molecule has 0 aromatic heterocycles. The number of nitrogens with one attached hydrogen (secondary N) is 3. The van der Waals surface area contributed by atoms with E-state index in [2.05, 4.69) is 15.4 Å². The number of anilines is 2. The first-order chi connectivity index (χ1) is 9.85. The fraction of sp³-hybridized carbons (Fsp3) is 0.500. The van der Waals surface area contributed by atoms with Crippen LogP contribution >= 0.6 is 0 Å². The van der Waals surface area contributed by atoms with Gasteiger partial charge in [0.15, 0.2) is 0 Å². The molecule has 21 heavy (non-hydrogen) atoms. The van der Waals surface area contributed by atoms with E-state index in [0.29, 0.717) is 17.9 Å². The Bertz CT molecular complexity index is 605. The molecule has 3 N–H and O–H groups in total. The van der Waals surface area contributed by atoms with Crippen LogP contribution in [0.25, 0.3) is 0 Å². The van der Waals surface area contributed by atoms with Crippen LogP contribution in [-0.2, 0) is 14.8 Å². The molecule has 116 valence electrons. The number of rotatable bonds is 5. The van der Waals surface area contributed by atoms with Gasteiger partial charge in [0.25, 0.3) is 0 Å². The number of sulfonamides is 1. The van der Waals surface area contributed by atoms with Gasteiger partial charge in [-0.3, -0.25) is 9.52 Å². The standard InChI is InChI=1S/C14H21N3O3S/c1-3-21(19,20)17-12-6-4-11(5-7-12)16-13(18)14(2)8-9-15-10-14/h4-7,15,17H,3,8-10H2,1-2H3,(H,16,18). The molecule has 6 nitrogen and oxygen atoms in total. The fourth-order valence-electron chi connectivity index (χ4n) is 2.17. The second-order valence-electron chi connectivity index (χ2n) is 5.52. The number of amides is 1. The number of carbonyl (C=O) groups is 1. The lowest BCUT2D eigenvalue weighted by molar-refractivity contribution is -0.123. The van der Waals surface area contributed by atoms with Crippen molar-refractivity contribution in [1.82, 2.24) is 5.32 Å². The van der Waals surface area contributed by atoms with Gasteiger partial charge in [0.1, 0.15) is 0 Å². The van der Waals surface area contributed by atoms with Crippen LogP contribution < -0.4 is 15.4 Å². The van der Waals surface area contributed by atoms with Crippen molar-refractivity contribution in [1.29, 1.82) is 0 Å². The molecule has 1 aromatic carbocycles. The minimum Gasteiger partial charge on any atom is -0.326 e. The Hall–Kier alpha value is -1.60. The SMILES string of the molecule is CCS(=O)(=O)Nc1ccc(NC(=O)C2(C)CCNC2)cc1. The molecule has 1 heterocycles. The first-order valence-corrected chi connectivity index (χ1v) is 8.63. The predicted molar refractivity (Wildman–Crippen MR) is 83.7 cm³/mol. The molecule has 1 unspecified atom stereocenters. The predicted octanol–water partition coefficient (Wildman–Crippen LogP) is 1.39. The van der Waals surface area contributed by atoms with E-state index in [1.807, 2.05) is 6.92 Å². The molecule has 0 saturated carbocycles. The van der Waals surface area contributed by atoms with Crippen LogP contribution in [0.5, 0.6) is 0 Å². The highest BCUT2D eigenvalue weighted by molar-refractivity contribution is 7.92. The molecule has 1 saturated heterocycles. The summed E-state index contributed by atoms with van der Waals surface area (Å²) >= 11 is 0. The van der Waals surface area contributed by atoms with E-state index in [-0.39, 0.29) is 17.1 Å². The first kappa shape index (κ1) is 15.8. The van der Waals surface area contributed by atoms with Gasteiger partial charge >= 0.3 is 0 Å². The average Bonchev–Trinajstić information content (AvgIpc) is 2.89. The molecule has 0 radical (unpaired) electrons. The van der Waals surface area contributed by atoms with Crippen molar-refractivity contribution in [2.24, 2.45) is 5.41 Å². The summed E-state index contributed by atoms with van der Waals surface area (Å²) < 4.78 is 25.4. The van der Waals surface area contributed by atoms with Gasteiger partial charge in [-0.05, 0) is 51.1 Å². The monoisotopic (exact) mass is 311 g/mol. The van der Waals surface area contributed by atoms with Crippen molar-refractivity contribution in [3.63, 3.8) is 0 Å². The van der Waals surface area contributed by atoms with Crippen LogP contribution in [0.3, 0.4) is 0 Å². The highest BCUT2D eigenvalue weighted by Crippen LogP contribution is 2.26. The summed E-state index contributed by atoms with van der Waals surface area (Å²) in [4.78, 5) is 12.2. The molecule has 1 fully saturated rings. The summed E-state index contributed by atoms with van der Waals surface area (Å²) in [6, 6.07) is 6.66. The van der Waals surface area contributed by atoms with Gasteiger partial charge in [0.2, 0.25) is 15.9 Å². The smallest absolute Gasteiger partial charge is 0.232 e. The van der Waals surface area contributed by atoms with Crippen LogP contribution in [-0.4, -0.2) is 33.2 Å². The van der Waals surface area contributed by atoms with Gasteiger partial charge in [-0.15, -0.1) is 0 Å². The Kier molecular flexibility index (Phi) is 4.53. The minimum atomic E-state index is -3.28. The van der Waals surface area contributed by atoms with Crippen LogP contribution in [0.15, 0.2) is 24.3 Å².